The number of nitrogens with one attached hydrogen (secondary N) is 1. The Kier molecular flexibility index (Phi) is 2.62. The van der Waals surface area contributed by atoms with Gasteiger partial charge < -0.3 is 5.32 Å². The highest BCUT2D eigenvalue weighted by atomic mass is 15.2. The number of anilines is 1. The lowest BCUT2D eigenvalue weighted by Gasteiger charge is -2.02. The lowest BCUT2D eigenvalue weighted by Crippen LogP contribution is -2.01. The topological polar surface area (TPSA) is 55.6 Å². The zero-order valence-corrected chi connectivity index (χ0v) is 8.81. The molecule has 78 valence electrons. The SMILES string of the molecule is Cc1ccc(NCc2cnn(C)c2)nn1. The summed E-state index contributed by atoms with van der Waals surface area (Å²) >= 11 is 0. The van der Waals surface area contributed by atoms with Crippen molar-refractivity contribution in [1.82, 2.24) is 20.0 Å². The van der Waals surface area contributed by atoms with Crippen molar-refractivity contribution in [3.63, 3.8) is 0 Å². The predicted molar refractivity (Wildman–Crippen MR) is 57.3 cm³/mol. The van der Waals surface area contributed by atoms with Crippen LogP contribution < -0.4 is 5.32 Å². The number of rotatable bonds is 3. The van der Waals surface area contributed by atoms with Crippen LogP contribution in [0.25, 0.3) is 0 Å². The molecular weight excluding hydrogens is 190 g/mol. The molecule has 0 saturated carbocycles. The standard InChI is InChI=1S/C10H13N5/c1-8-3-4-10(14-13-8)11-5-9-6-12-15(2)7-9/h3-4,6-7H,5H2,1-2H3,(H,11,14). The number of nitrogens with zero attached hydrogens (tertiary/aromatic N) is 4. The molecule has 0 amide bonds. The summed E-state index contributed by atoms with van der Waals surface area (Å²) in [6, 6.07) is 3.84. The summed E-state index contributed by atoms with van der Waals surface area (Å²) in [4.78, 5) is 0. The van der Waals surface area contributed by atoms with Gasteiger partial charge in [0.2, 0.25) is 0 Å². The third-order valence-electron chi connectivity index (χ3n) is 2.03. The largest absolute Gasteiger partial charge is 0.364 e. The Bertz CT molecular complexity index is 431. The average molecular weight is 203 g/mol. The first-order chi connectivity index (χ1) is 7.24. The Morgan fingerprint density at radius 2 is 2.20 bits per heavy atom. The molecule has 0 unspecified atom stereocenters. The van der Waals surface area contributed by atoms with Crippen molar-refractivity contribution in [2.45, 2.75) is 13.5 Å². The van der Waals surface area contributed by atoms with E-state index in [1.54, 1.807) is 4.68 Å². The molecule has 0 aromatic carbocycles. The summed E-state index contributed by atoms with van der Waals surface area (Å²) in [5.74, 6) is 0.782. The van der Waals surface area contributed by atoms with Gasteiger partial charge in [0, 0.05) is 25.4 Å². The second kappa shape index (κ2) is 4.08. The molecule has 15 heavy (non-hydrogen) atoms. The fraction of sp³-hybridized carbons (Fsp3) is 0.300. The molecule has 0 aliphatic rings. The lowest BCUT2D eigenvalue weighted by atomic mass is 10.3. The van der Waals surface area contributed by atoms with Gasteiger partial charge >= 0.3 is 0 Å². The van der Waals surface area contributed by atoms with Crippen LogP contribution in [0.4, 0.5) is 5.82 Å². The Morgan fingerprint density at radius 1 is 1.33 bits per heavy atom. The molecule has 0 atom stereocenters. The zero-order chi connectivity index (χ0) is 10.7. The summed E-state index contributed by atoms with van der Waals surface area (Å²) < 4.78 is 1.78. The molecular formula is C10H13N5. The van der Waals surface area contributed by atoms with E-state index < -0.39 is 0 Å². The molecule has 5 heteroatoms. The predicted octanol–water partition coefficient (Wildman–Crippen LogP) is 1.13. The van der Waals surface area contributed by atoms with Gasteiger partial charge in [-0.1, -0.05) is 0 Å². The van der Waals surface area contributed by atoms with E-state index in [2.05, 4.69) is 20.6 Å². The van der Waals surface area contributed by atoms with Gasteiger partial charge in [-0.15, -0.1) is 5.10 Å². The average Bonchev–Trinajstić information content (AvgIpc) is 2.64. The van der Waals surface area contributed by atoms with Crippen LogP contribution in [0.15, 0.2) is 24.5 Å². The van der Waals surface area contributed by atoms with Gasteiger partial charge in [0.15, 0.2) is 0 Å². The van der Waals surface area contributed by atoms with Gasteiger partial charge in [0.05, 0.1) is 11.9 Å². The van der Waals surface area contributed by atoms with Crippen LogP contribution in [-0.2, 0) is 13.6 Å². The fourth-order valence-electron chi connectivity index (χ4n) is 1.25. The molecule has 0 fully saturated rings. The van der Waals surface area contributed by atoms with E-state index in [-0.39, 0.29) is 0 Å². The quantitative estimate of drug-likeness (QED) is 0.812. The molecule has 2 aromatic rings. The van der Waals surface area contributed by atoms with Gasteiger partial charge in [0.1, 0.15) is 5.82 Å². The molecule has 2 rings (SSSR count). The third-order valence-corrected chi connectivity index (χ3v) is 2.03. The third kappa shape index (κ3) is 2.52. The lowest BCUT2D eigenvalue weighted by molar-refractivity contribution is 0.767. The first kappa shape index (κ1) is 9.64. The molecule has 0 radical (unpaired) electrons. The van der Waals surface area contributed by atoms with Crippen molar-refractivity contribution >= 4 is 5.82 Å². The van der Waals surface area contributed by atoms with Gasteiger partial charge in [0.25, 0.3) is 0 Å². The molecule has 0 aliphatic heterocycles. The van der Waals surface area contributed by atoms with E-state index in [1.165, 1.54) is 0 Å². The first-order valence-corrected chi connectivity index (χ1v) is 4.76. The highest BCUT2D eigenvalue weighted by Crippen LogP contribution is 2.04. The molecule has 5 nitrogen and oxygen atoms in total. The van der Waals surface area contributed by atoms with Crippen molar-refractivity contribution in [3.8, 4) is 0 Å². The molecule has 2 heterocycles. The van der Waals surface area contributed by atoms with Gasteiger partial charge in [-0.05, 0) is 19.1 Å². The van der Waals surface area contributed by atoms with Crippen molar-refractivity contribution in [2.24, 2.45) is 7.05 Å². The maximum Gasteiger partial charge on any atom is 0.148 e. The Hall–Kier alpha value is -1.91. The van der Waals surface area contributed by atoms with Crippen LogP contribution in [0.3, 0.4) is 0 Å². The van der Waals surface area contributed by atoms with Crippen LogP contribution >= 0.6 is 0 Å². The maximum absolute atomic E-state index is 4.08. The number of hydrogen-bond donors (Lipinski definition) is 1. The van der Waals surface area contributed by atoms with Crippen molar-refractivity contribution in [1.29, 1.82) is 0 Å². The molecule has 0 saturated heterocycles. The number of aromatic nitrogens is 4. The summed E-state index contributed by atoms with van der Waals surface area (Å²) in [5, 5.41) is 15.2. The molecule has 0 bridgehead atoms. The Morgan fingerprint density at radius 3 is 2.80 bits per heavy atom. The van der Waals surface area contributed by atoms with Crippen LogP contribution in [0, 0.1) is 6.92 Å². The second-order valence-corrected chi connectivity index (χ2v) is 3.44. The number of hydrogen-bond acceptors (Lipinski definition) is 4. The minimum Gasteiger partial charge on any atom is -0.364 e. The number of aryl methyl sites for hydroxylation is 2. The van der Waals surface area contributed by atoms with Crippen molar-refractivity contribution < 1.29 is 0 Å². The van der Waals surface area contributed by atoms with E-state index in [0.29, 0.717) is 6.54 Å². The van der Waals surface area contributed by atoms with E-state index in [0.717, 1.165) is 17.1 Å². The van der Waals surface area contributed by atoms with E-state index in [4.69, 9.17) is 0 Å². The normalized spacial score (nSPS) is 10.3. The monoisotopic (exact) mass is 203 g/mol. The Balaban J connectivity index is 1.96. The highest BCUT2D eigenvalue weighted by Gasteiger charge is 1.97. The molecule has 2 aromatic heterocycles. The smallest absolute Gasteiger partial charge is 0.148 e. The summed E-state index contributed by atoms with van der Waals surface area (Å²) in [6.45, 7) is 2.63. The minimum absolute atomic E-state index is 0.714. The first-order valence-electron chi connectivity index (χ1n) is 4.76. The van der Waals surface area contributed by atoms with Gasteiger partial charge in [-0.3, -0.25) is 4.68 Å². The van der Waals surface area contributed by atoms with Crippen LogP contribution in [0.1, 0.15) is 11.3 Å². The van der Waals surface area contributed by atoms with Crippen LogP contribution in [0.2, 0.25) is 0 Å². The zero-order valence-electron chi connectivity index (χ0n) is 8.81. The van der Waals surface area contributed by atoms with E-state index in [1.807, 2.05) is 38.5 Å². The van der Waals surface area contributed by atoms with Crippen molar-refractivity contribution in [3.05, 3.63) is 35.8 Å². The van der Waals surface area contributed by atoms with Gasteiger partial charge in [-0.25, -0.2) is 0 Å². The van der Waals surface area contributed by atoms with E-state index in [9.17, 15) is 0 Å². The van der Waals surface area contributed by atoms with E-state index >= 15 is 0 Å². The van der Waals surface area contributed by atoms with Crippen LogP contribution in [-0.4, -0.2) is 20.0 Å². The van der Waals surface area contributed by atoms with Gasteiger partial charge in [-0.2, -0.15) is 10.2 Å². The maximum atomic E-state index is 4.08. The molecule has 0 spiro atoms. The minimum atomic E-state index is 0.714. The highest BCUT2D eigenvalue weighted by molar-refractivity contribution is 5.33. The van der Waals surface area contributed by atoms with Crippen LogP contribution in [0.5, 0.6) is 0 Å². The fourth-order valence-corrected chi connectivity index (χ4v) is 1.25. The summed E-state index contributed by atoms with van der Waals surface area (Å²) in [5.41, 5.74) is 2.04. The summed E-state index contributed by atoms with van der Waals surface area (Å²) in [7, 11) is 1.90. The molecule has 0 aliphatic carbocycles. The summed E-state index contributed by atoms with van der Waals surface area (Å²) in [6.07, 6.45) is 3.79. The second-order valence-electron chi connectivity index (χ2n) is 3.44. The van der Waals surface area contributed by atoms with Crippen molar-refractivity contribution in [2.75, 3.05) is 5.32 Å². The molecule has 1 N–H and O–H groups in total. The Labute approximate surface area is 88.1 Å².